The van der Waals surface area contributed by atoms with Crippen LogP contribution in [-0.4, -0.2) is 32.4 Å². The van der Waals surface area contributed by atoms with Gasteiger partial charge in [-0.2, -0.15) is 5.10 Å². The average molecular weight is 400 g/mol. The normalized spacial score (nSPS) is 11.9. The van der Waals surface area contributed by atoms with Gasteiger partial charge in [-0.15, -0.1) is 0 Å². The minimum atomic E-state index is -0.228. The number of anilines is 3. The van der Waals surface area contributed by atoms with Crippen LogP contribution in [0, 0.1) is 0 Å². The third kappa shape index (κ3) is 3.63. The molecule has 2 aromatic heterocycles. The summed E-state index contributed by atoms with van der Waals surface area (Å²) in [5.41, 5.74) is 1.98. The fourth-order valence-corrected chi connectivity index (χ4v) is 2.97. The molecule has 0 saturated heterocycles. The van der Waals surface area contributed by atoms with Crippen molar-refractivity contribution in [3.05, 3.63) is 78.9 Å². The van der Waals surface area contributed by atoms with Gasteiger partial charge in [-0.05, 0) is 48.5 Å². The van der Waals surface area contributed by atoms with E-state index >= 15 is 0 Å². The zero-order valence-electron chi connectivity index (χ0n) is 15.6. The number of carbonyl (C=O) groups excluding carboxylic acids is 1. The number of rotatable bonds is 5. The number of ether oxygens (including phenoxy) is 2. The Morgan fingerprint density at radius 3 is 2.63 bits per heavy atom. The summed E-state index contributed by atoms with van der Waals surface area (Å²) in [6, 6.07) is 16.0. The lowest BCUT2D eigenvalue weighted by molar-refractivity contribution is 0.102. The monoisotopic (exact) mass is 400 g/mol. The molecule has 9 heteroatoms. The molecule has 0 unspecified atom stereocenters. The molecule has 1 aliphatic heterocycles. The number of hydrogen-bond donors (Lipinski definition) is 2. The van der Waals surface area contributed by atoms with Crippen LogP contribution in [0.15, 0.2) is 73.3 Å². The zero-order valence-corrected chi connectivity index (χ0v) is 15.6. The second kappa shape index (κ2) is 7.55. The van der Waals surface area contributed by atoms with Crippen LogP contribution in [0.1, 0.15) is 10.4 Å². The van der Waals surface area contributed by atoms with Gasteiger partial charge in [0.15, 0.2) is 17.3 Å². The summed E-state index contributed by atoms with van der Waals surface area (Å²) in [6.07, 6.45) is 4.97. The first kappa shape index (κ1) is 17.7. The van der Waals surface area contributed by atoms with Crippen LogP contribution >= 0.6 is 0 Å². The highest BCUT2D eigenvalue weighted by Gasteiger charge is 2.16. The largest absolute Gasteiger partial charge is 0.454 e. The second-order valence-electron chi connectivity index (χ2n) is 6.44. The Kier molecular flexibility index (Phi) is 4.45. The van der Waals surface area contributed by atoms with Gasteiger partial charge in [0, 0.05) is 35.4 Å². The summed E-state index contributed by atoms with van der Waals surface area (Å²) in [6.45, 7) is 0.171. The number of nitrogens with one attached hydrogen (secondary N) is 2. The van der Waals surface area contributed by atoms with E-state index in [1.54, 1.807) is 35.1 Å². The molecule has 0 aliphatic carbocycles. The number of fused-ring (bicyclic) bond motifs is 1. The summed E-state index contributed by atoms with van der Waals surface area (Å²) in [5, 5.41) is 10.2. The minimum Gasteiger partial charge on any atom is -0.454 e. The van der Waals surface area contributed by atoms with E-state index in [1.165, 1.54) is 6.33 Å². The van der Waals surface area contributed by atoms with Gasteiger partial charge in [0.1, 0.15) is 12.1 Å². The number of nitrogens with zero attached hydrogens (tertiary/aromatic N) is 4. The molecule has 5 rings (SSSR count). The fourth-order valence-electron chi connectivity index (χ4n) is 2.97. The number of hydrogen-bond acceptors (Lipinski definition) is 7. The van der Waals surface area contributed by atoms with Crippen LogP contribution in [0.4, 0.5) is 17.2 Å². The van der Waals surface area contributed by atoms with Crippen molar-refractivity contribution in [1.82, 2.24) is 19.7 Å². The molecule has 0 spiro atoms. The molecule has 0 atom stereocenters. The SMILES string of the molecule is O=C(Nc1ccc(Nc2cc(-n3cccn3)ncn2)cc1)c1ccc2c(c1)OCO2. The van der Waals surface area contributed by atoms with Gasteiger partial charge in [-0.1, -0.05) is 0 Å². The summed E-state index contributed by atoms with van der Waals surface area (Å²) < 4.78 is 12.2. The molecule has 0 saturated carbocycles. The average Bonchev–Trinajstić information content (AvgIpc) is 3.47. The Labute approximate surface area is 171 Å². The molecule has 2 N–H and O–H groups in total. The van der Waals surface area contributed by atoms with Gasteiger partial charge >= 0.3 is 0 Å². The van der Waals surface area contributed by atoms with Gasteiger partial charge in [-0.25, -0.2) is 14.6 Å². The van der Waals surface area contributed by atoms with Gasteiger partial charge < -0.3 is 20.1 Å². The summed E-state index contributed by atoms with van der Waals surface area (Å²) in [7, 11) is 0. The Bertz CT molecular complexity index is 1190. The quantitative estimate of drug-likeness (QED) is 0.529. The minimum absolute atomic E-state index is 0.171. The topological polar surface area (TPSA) is 103 Å². The molecule has 0 fully saturated rings. The van der Waals surface area contributed by atoms with E-state index in [2.05, 4.69) is 25.7 Å². The van der Waals surface area contributed by atoms with Gasteiger partial charge in [0.05, 0.1) is 0 Å². The predicted molar refractivity (Wildman–Crippen MR) is 109 cm³/mol. The molecule has 0 radical (unpaired) electrons. The standard InChI is InChI=1S/C21H16N6O3/c28-21(14-2-7-17-18(10-14)30-13-29-17)26-16-5-3-15(4-6-16)25-19-11-20(23-12-22-19)27-9-1-8-24-27/h1-12H,13H2,(H,26,28)(H,22,23,25). The Morgan fingerprint density at radius 1 is 0.967 bits per heavy atom. The highest BCUT2D eigenvalue weighted by atomic mass is 16.7. The molecule has 30 heavy (non-hydrogen) atoms. The Balaban J connectivity index is 1.26. The summed E-state index contributed by atoms with van der Waals surface area (Å²) in [5.74, 6) is 2.27. The van der Waals surface area contributed by atoms with Crippen LogP contribution in [0.5, 0.6) is 11.5 Å². The van der Waals surface area contributed by atoms with Crippen LogP contribution in [0.2, 0.25) is 0 Å². The smallest absolute Gasteiger partial charge is 0.255 e. The van der Waals surface area contributed by atoms with Crippen molar-refractivity contribution < 1.29 is 14.3 Å². The second-order valence-corrected chi connectivity index (χ2v) is 6.44. The van der Waals surface area contributed by atoms with E-state index < -0.39 is 0 Å². The summed E-state index contributed by atoms with van der Waals surface area (Å²) >= 11 is 0. The van der Waals surface area contributed by atoms with E-state index in [9.17, 15) is 4.79 Å². The first-order chi connectivity index (χ1) is 14.7. The molecular weight excluding hydrogens is 384 g/mol. The first-order valence-electron chi connectivity index (χ1n) is 9.15. The van der Waals surface area contributed by atoms with Gasteiger partial charge in [0.25, 0.3) is 5.91 Å². The van der Waals surface area contributed by atoms with Crippen LogP contribution in [0.3, 0.4) is 0 Å². The fraction of sp³-hybridized carbons (Fsp3) is 0.0476. The third-order valence-corrected chi connectivity index (χ3v) is 4.44. The van der Waals surface area contributed by atoms with Crippen molar-refractivity contribution in [2.75, 3.05) is 17.4 Å². The molecule has 4 aromatic rings. The molecule has 2 aromatic carbocycles. The lowest BCUT2D eigenvalue weighted by Gasteiger charge is -2.09. The van der Waals surface area contributed by atoms with Crippen molar-refractivity contribution >= 4 is 23.1 Å². The van der Waals surface area contributed by atoms with E-state index in [1.807, 2.05) is 36.5 Å². The maximum atomic E-state index is 12.5. The molecule has 0 bridgehead atoms. The van der Waals surface area contributed by atoms with Crippen LogP contribution in [0.25, 0.3) is 5.82 Å². The first-order valence-corrected chi connectivity index (χ1v) is 9.15. The maximum absolute atomic E-state index is 12.5. The number of benzene rings is 2. The number of amides is 1. The van der Waals surface area contributed by atoms with Gasteiger partial charge in [0.2, 0.25) is 6.79 Å². The van der Waals surface area contributed by atoms with E-state index in [0.29, 0.717) is 34.4 Å². The molecular formula is C21H16N6O3. The van der Waals surface area contributed by atoms with Crippen molar-refractivity contribution in [1.29, 1.82) is 0 Å². The van der Waals surface area contributed by atoms with E-state index in [-0.39, 0.29) is 12.7 Å². The molecule has 3 heterocycles. The molecule has 1 aliphatic rings. The summed E-state index contributed by atoms with van der Waals surface area (Å²) in [4.78, 5) is 20.9. The number of carbonyl (C=O) groups is 1. The highest BCUT2D eigenvalue weighted by Crippen LogP contribution is 2.32. The molecule has 148 valence electrons. The third-order valence-electron chi connectivity index (χ3n) is 4.44. The predicted octanol–water partition coefficient (Wildman–Crippen LogP) is 3.39. The maximum Gasteiger partial charge on any atom is 0.255 e. The lowest BCUT2D eigenvalue weighted by atomic mass is 10.2. The van der Waals surface area contributed by atoms with Crippen molar-refractivity contribution in [3.8, 4) is 17.3 Å². The number of aromatic nitrogens is 4. The van der Waals surface area contributed by atoms with Crippen molar-refractivity contribution in [2.45, 2.75) is 0 Å². The van der Waals surface area contributed by atoms with Gasteiger partial charge in [-0.3, -0.25) is 4.79 Å². The van der Waals surface area contributed by atoms with Crippen molar-refractivity contribution in [2.24, 2.45) is 0 Å². The molecule has 1 amide bonds. The van der Waals surface area contributed by atoms with Crippen LogP contribution < -0.4 is 20.1 Å². The Morgan fingerprint density at radius 2 is 1.80 bits per heavy atom. The zero-order chi connectivity index (χ0) is 20.3. The van der Waals surface area contributed by atoms with E-state index in [4.69, 9.17) is 9.47 Å². The van der Waals surface area contributed by atoms with E-state index in [0.717, 1.165) is 5.69 Å². The van der Waals surface area contributed by atoms with Crippen LogP contribution in [-0.2, 0) is 0 Å². The Hall–Kier alpha value is -4.40. The lowest BCUT2D eigenvalue weighted by Crippen LogP contribution is -2.11. The van der Waals surface area contributed by atoms with Crippen molar-refractivity contribution in [3.63, 3.8) is 0 Å². The highest BCUT2D eigenvalue weighted by molar-refractivity contribution is 6.04. The molecule has 9 nitrogen and oxygen atoms in total.